The SMILES string of the molecule is COC(=O)C1=CCC2N(C(C)c3cccc4ccccc34)C(=O)OC2(OC)O1. The van der Waals surface area contributed by atoms with E-state index >= 15 is 0 Å². The molecule has 0 N–H and O–H groups in total. The van der Waals surface area contributed by atoms with Gasteiger partial charge in [-0.3, -0.25) is 4.90 Å². The van der Waals surface area contributed by atoms with Gasteiger partial charge in [-0.25, -0.2) is 9.59 Å². The predicted octanol–water partition coefficient (Wildman–Crippen LogP) is 3.50. The number of hydrogen-bond donors (Lipinski definition) is 0. The summed E-state index contributed by atoms with van der Waals surface area (Å²) in [5.74, 6) is -2.37. The van der Waals surface area contributed by atoms with E-state index in [9.17, 15) is 9.59 Å². The molecule has 2 aromatic carbocycles. The molecule has 1 amide bonds. The van der Waals surface area contributed by atoms with E-state index in [1.54, 1.807) is 11.0 Å². The molecule has 0 spiro atoms. The van der Waals surface area contributed by atoms with E-state index in [0.717, 1.165) is 16.3 Å². The Morgan fingerprint density at radius 1 is 1.18 bits per heavy atom. The number of fused-ring (bicyclic) bond motifs is 2. The minimum absolute atomic E-state index is 0.0342. The molecule has 1 saturated heterocycles. The smallest absolute Gasteiger partial charge is 0.416 e. The third kappa shape index (κ3) is 2.70. The van der Waals surface area contributed by atoms with E-state index in [1.807, 2.05) is 49.4 Å². The summed E-state index contributed by atoms with van der Waals surface area (Å²) in [7, 11) is 2.64. The molecule has 28 heavy (non-hydrogen) atoms. The van der Waals surface area contributed by atoms with Crippen LogP contribution in [0.1, 0.15) is 24.9 Å². The van der Waals surface area contributed by atoms with Gasteiger partial charge in [-0.05, 0) is 29.3 Å². The standard InChI is InChI=1S/C21H21NO6/c1-13(15-10-6-8-14-7-4-5-9-16(14)15)22-18-12-11-17(19(23)25-2)27-21(18,26-3)28-20(22)24/h4-11,13,18H,12H2,1-3H3. The van der Waals surface area contributed by atoms with Gasteiger partial charge in [0, 0.05) is 13.5 Å². The molecular weight excluding hydrogens is 362 g/mol. The molecule has 7 heteroatoms. The number of hydrogen-bond acceptors (Lipinski definition) is 6. The van der Waals surface area contributed by atoms with Crippen LogP contribution >= 0.6 is 0 Å². The summed E-state index contributed by atoms with van der Waals surface area (Å²) in [5, 5.41) is 2.15. The van der Waals surface area contributed by atoms with Gasteiger partial charge in [0.1, 0.15) is 6.04 Å². The van der Waals surface area contributed by atoms with E-state index in [2.05, 4.69) is 0 Å². The molecule has 2 aliphatic rings. The average molecular weight is 383 g/mol. The Balaban J connectivity index is 1.73. The lowest BCUT2D eigenvalue weighted by Crippen LogP contribution is -2.51. The van der Waals surface area contributed by atoms with E-state index < -0.39 is 24.1 Å². The van der Waals surface area contributed by atoms with Gasteiger partial charge in [0.05, 0.1) is 13.2 Å². The van der Waals surface area contributed by atoms with E-state index in [0.29, 0.717) is 6.42 Å². The molecule has 3 atom stereocenters. The van der Waals surface area contributed by atoms with Crippen LogP contribution in [-0.4, -0.2) is 43.2 Å². The van der Waals surface area contributed by atoms with Crippen molar-refractivity contribution in [1.82, 2.24) is 4.90 Å². The predicted molar refractivity (Wildman–Crippen MR) is 100 cm³/mol. The molecular formula is C21H21NO6. The molecule has 3 unspecified atom stereocenters. The Labute approximate surface area is 162 Å². The Morgan fingerprint density at radius 2 is 1.93 bits per heavy atom. The molecule has 0 radical (unpaired) electrons. The maximum absolute atomic E-state index is 12.8. The van der Waals surface area contributed by atoms with Crippen LogP contribution < -0.4 is 0 Å². The fourth-order valence-electron chi connectivity index (χ4n) is 3.94. The number of benzene rings is 2. The largest absolute Gasteiger partial charge is 0.463 e. The van der Waals surface area contributed by atoms with Crippen LogP contribution in [0.15, 0.2) is 54.3 Å². The lowest BCUT2D eigenvalue weighted by Gasteiger charge is -2.37. The Morgan fingerprint density at radius 3 is 2.68 bits per heavy atom. The lowest BCUT2D eigenvalue weighted by atomic mass is 9.97. The summed E-state index contributed by atoms with van der Waals surface area (Å²) >= 11 is 0. The Bertz CT molecular complexity index is 965. The van der Waals surface area contributed by atoms with Crippen molar-refractivity contribution in [3.05, 3.63) is 59.9 Å². The summed E-state index contributed by atoms with van der Waals surface area (Å²) in [5.41, 5.74) is 0.990. The van der Waals surface area contributed by atoms with E-state index in [-0.39, 0.29) is 11.8 Å². The number of carbonyl (C=O) groups excluding carboxylic acids is 2. The molecule has 1 fully saturated rings. The van der Waals surface area contributed by atoms with Gasteiger partial charge in [0.15, 0.2) is 0 Å². The van der Waals surface area contributed by atoms with Crippen LogP contribution in [0.4, 0.5) is 4.79 Å². The van der Waals surface area contributed by atoms with E-state index in [4.69, 9.17) is 18.9 Å². The zero-order valence-corrected chi connectivity index (χ0v) is 15.9. The van der Waals surface area contributed by atoms with Crippen molar-refractivity contribution in [2.75, 3.05) is 14.2 Å². The van der Waals surface area contributed by atoms with Gasteiger partial charge in [0.2, 0.25) is 5.76 Å². The summed E-state index contributed by atoms with van der Waals surface area (Å²) in [6.45, 7) is 1.94. The van der Waals surface area contributed by atoms with Gasteiger partial charge in [-0.2, -0.15) is 0 Å². The topological polar surface area (TPSA) is 74.3 Å². The molecule has 0 aromatic heterocycles. The molecule has 0 saturated carbocycles. The van der Waals surface area contributed by atoms with Crippen molar-refractivity contribution < 1.29 is 28.5 Å². The first kappa shape index (κ1) is 18.3. The molecule has 0 bridgehead atoms. The summed E-state index contributed by atoms with van der Waals surface area (Å²) < 4.78 is 21.3. The average Bonchev–Trinajstić information content (AvgIpc) is 3.03. The lowest BCUT2D eigenvalue weighted by molar-refractivity contribution is -0.331. The first-order valence-corrected chi connectivity index (χ1v) is 9.02. The number of carbonyl (C=O) groups is 2. The maximum Gasteiger partial charge on any atom is 0.416 e. The van der Waals surface area contributed by atoms with Gasteiger partial charge < -0.3 is 18.9 Å². The second-order valence-electron chi connectivity index (χ2n) is 6.74. The van der Waals surface area contributed by atoms with Crippen LogP contribution in [0.3, 0.4) is 0 Å². The van der Waals surface area contributed by atoms with Gasteiger partial charge >= 0.3 is 18.0 Å². The molecule has 146 valence electrons. The van der Waals surface area contributed by atoms with Gasteiger partial charge in [-0.1, -0.05) is 42.5 Å². The summed E-state index contributed by atoms with van der Waals surface area (Å²) in [4.78, 5) is 26.3. The minimum Gasteiger partial charge on any atom is -0.463 e. The minimum atomic E-state index is -1.69. The quantitative estimate of drug-likeness (QED) is 0.753. The van der Waals surface area contributed by atoms with Crippen molar-refractivity contribution >= 4 is 22.8 Å². The monoisotopic (exact) mass is 383 g/mol. The highest BCUT2D eigenvalue weighted by molar-refractivity contribution is 5.87. The first-order valence-electron chi connectivity index (χ1n) is 9.02. The van der Waals surface area contributed by atoms with Crippen molar-refractivity contribution in [2.45, 2.75) is 31.4 Å². The zero-order chi connectivity index (χ0) is 19.9. The second-order valence-corrected chi connectivity index (χ2v) is 6.74. The second kappa shape index (κ2) is 6.83. The molecule has 7 nitrogen and oxygen atoms in total. The van der Waals surface area contributed by atoms with E-state index in [1.165, 1.54) is 14.2 Å². The zero-order valence-electron chi connectivity index (χ0n) is 15.9. The van der Waals surface area contributed by atoms with Crippen molar-refractivity contribution in [2.24, 2.45) is 0 Å². The highest BCUT2D eigenvalue weighted by atomic mass is 16.9. The van der Waals surface area contributed by atoms with Crippen molar-refractivity contribution in [3.63, 3.8) is 0 Å². The number of rotatable bonds is 4. The number of methoxy groups -OCH3 is 2. The first-order chi connectivity index (χ1) is 13.5. The van der Waals surface area contributed by atoms with Gasteiger partial charge in [0.25, 0.3) is 0 Å². The molecule has 2 aliphatic heterocycles. The van der Waals surface area contributed by atoms with Crippen LogP contribution in [0, 0.1) is 0 Å². The summed E-state index contributed by atoms with van der Waals surface area (Å²) in [6, 6.07) is 13.1. The van der Waals surface area contributed by atoms with Crippen LogP contribution in [0.5, 0.6) is 0 Å². The number of esters is 1. The molecule has 2 heterocycles. The third-order valence-corrected chi connectivity index (χ3v) is 5.32. The fourth-order valence-corrected chi connectivity index (χ4v) is 3.94. The molecule has 0 aliphatic carbocycles. The Hall–Kier alpha value is -3.06. The number of nitrogens with zero attached hydrogens (tertiary/aromatic N) is 1. The van der Waals surface area contributed by atoms with Crippen LogP contribution in [-0.2, 0) is 23.7 Å². The third-order valence-electron chi connectivity index (χ3n) is 5.32. The number of ether oxygens (including phenoxy) is 4. The Kier molecular flexibility index (Phi) is 4.47. The van der Waals surface area contributed by atoms with Gasteiger partial charge in [-0.15, -0.1) is 0 Å². The molecule has 2 aromatic rings. The molecule has 4 rings (SSSR count). The highest BCUT2D eigenvalue weighted by Gasteiger charge is 2.61. The highest BCUT2D eigenvalue weighted by Crippen LogP contribution is 2.44. The maximum atomic E-state index is 12.8. The van der Waals surface area contributed by atoms with Crippen LogP contribution in [0.25, 0.3) is 10.8 Å². The fraction of sp³-hybridized carbons (Fsp3) is 0.333. The van der Waals surface area contributed by atoms with Crippen molar-refractivity contribution in [1.29, 1.82) is 0 Å². The summed E-state index contributed by atoms with van der Waals surface area (Å²) in [6.07, 6.45) is 1.37. The normalized spacial score (nSPS) is 24.8. The number of amides is 1. The van der Waals surface area contributed by atoms with Crippen molar-refractivity contribution in [3.8, 4) is 0 Å². The van der Waals surface area contributed by atoms with Crippen LogP contribution in [0.2, 0.25) is 0 Å².